The number of pyridine rings is 1. The molecule has 0 unspecified atom stereocenters. The van der Waals surface area contributed by atoms with Gasteiger partial charge in [0, 0.05) is 24.5 Å². The molecule has 1 aromatic heterocycles. The van der Waals surface area contributed by atoms with Gasteiger partial charge >= 0.3 is 0 Å². The average molecular weight is 286 g/mol. The molecule has 0 spiro atoms. The van der Waals surface area contributed by atoms with Crippen molar-refractivity contribution in [3.8, 4) is 0 Å². The van der Waals surface area contributed by atoms with Crippen molar-refractivity contribution in [1.29, 1.82) is 0 Å². The van der Waals surface area contributed by atoms with Gasteiger partial charge in [-0.2, -0.15) is 0 Å². The Bertz CT molecular complexity index is 535. The molecule has 3 heteroatoms. The molecular formula is C17H22N2S. The minimum absolute atomic E-state index is 0.505. The second-order valence-electron chi connectivity index (χ2n) is 5.32. The molecule has 106 valence electrons. The maximum absolute atomic E-state index is 4.52. The van der Waals surface area contributed by atoms with Crippen molar-refractivity contribution in [3.63, 3.8) is 0 Å². The lowest BCUT2D eigenvalue weighted by atomic mass is 10.2. The van der Waals surface area contributed by atoms with Crippen molar-refractivity contribution in [2.45, 2.75) is 44.1 Å². The molecule has 1 N–H and O–H groups in total. The third kappa shape index (κ3) is 4.99. The quantitative estimate of drug-likeness (QED) is 0.806. The highest BCUT2D eigenvalue weighted by Crippen LogP contribution is 2.21. The van der Waals surface area contributed by atoms with E-state index in [-0.39, 0.29) is 0 Å². The molecule has 0 bridgehead atoms. The lowest BCUT2D eigenvalue weighted by Crippen LogP contribution is -2.21. The Labute approximate surface area is 126 Å². The topological polar surface area (TPSA) is 24.9 Å². The van der Waals surface area contributed by atoms with Crippen LogP contribution in [0.15, 0.2) is 47.6 Å². The van der Waals surface area contributed by atoms with Crippen LogP contribution >= 0.6 is 11.8 Å². The number of hydrogen-bond donors (Lipinski definition) is 1. The molecule has 0 saturated heterocycles. The van der Waals surface area contributed by atoms with Crippen molar-refractivity contribution in [1.82, 2.24) is 10.3 Å². The number of nitrogens with one attached hydrogen (secondary N) is 1. The maximum Gasteiger partial charge on any atom is 0.0963 e. The molecule has 0 aliphatic heterocycles. The zero-order chi connectivity index (χ0) is 14.4. The van der Waals surface area contributed by atoms with Crippen LogP contribution in [0.5, 0.6) is 0 Å². The molecular weight excluding hydrogens is 264 g/mol. The molecule has 0 amide bonds. The summed E-state index contributed by atoms with van der Waals surface area (Å²) in [6.07, 6.45) is 1.97. The van der Waals surface area contributed by atoms with Gasteiger partial charge in [0.05, 0.1) is 5.03 Å². The van der Waals surface area contributed by atoms with Crippen LogP contribution in [-0.4, -0.2) is 11.0 Å². The van der Waals surface area contributed by atoms with Crippen LogP contribution < -0.4 is 5.32 Å². The number of aromatic nitrogens is 1. The Hall–Kier alpha value is -1.32. The lowest BCUT2D eigenvalue weighted by Gasteiger charge is -2.08. The van der Waals surface area contributed by atoms with Crippen LogP contribution in [0.4, 0.5) is 0 Å². The van der Waals surface area contributed by atoms with Crippen LogP contribution in [0, 0.1) is 6.92 Å². The highest BCUT2D eigenvalue weighted by molar-refractivity contribution is 7.98. The third-order valence-electron chi connectivity index (χ3n) is 2.98. The van der Waals surface area contributed by atoms with Crippen molar-refractivity contribution in [3.05, 3.63) is 59.3 Å². The Kier molecular flexibility index (Phi) is 5.62. The number of aryl methyl sites for hydroxylation is 1. The van der Waals surface area contributed by atoms with E-state index in [4.69, 9.17) is 0 Å². The molecule has 2 aromatic rings. The fourth-order valence-electron chi connectivity index (χ4n) is 1.88. The minimum atomic E-state index is 0.505. The van der Waals surface area contributed by atoms with Gasteiger partial charge in [0.1, 0.15) is 0 Å². The standard InChI is InChI=1S/C17H22N2S/c1-13(2)18-10-16-7-8-17(19-11-16)20-12-15-6-4-5-14(3)9-15/h4-9,11,13,18H,10,12H2,1-3H3. The second kappa shape index (κ2) is 7.46. The second-order valence-corrected chi connectivity index (χ2v) is 6.31. The van der Waals surface area contributed by atoms with E-state index in [1.54, 1.807) is 11.8 Å². The molecule has 0 aliphatic rings. The van der Waals surface area contributed by atoms with Gasteiger partial charge in [-0.15, -0.1) is 11.8 Å². The molecule has 0 aliphatic carbocycles. The number of hydrogen-bond acceptors (Lipinski definition) is 3. The third-order valence-corrected chi connectivity index (χ3v) is 4.00. The summed E-state index contributed by atoms with van der Waals surface area (Å²) in [4.78, 5) is 4.52. The molecule has 0 fully saturated rings. The largest absolute Gasteiger partial charge is 0.310 e. The van der Waals surface area contributed by atoms with Crippen LogP contribution in [0.3, 0.4) is 0 Å². The first-order chi connectivity index (χ1) is 9.63. The summed E-state index contributed by atoms with van der Waals surface area (Å²) in [6, 6.07) is 13.4. The fraction of sp³-hybridized carbons (Fsp3) is 0.353. The van der Waals surface area contributed by atoms with Gasteiger partial charge in [-0.3, -0.25) is 0 Å². The monoisotopic (exact) mass is 286 g/mol. The summed E-state index contributed by atoms with van der Waals surface area (Å²) < 4.78 is 0. The molecule has 0 radical (unpaired) electrons. The van der Waals surface area contributed by atoms with Gasteiger partial charge in [0.25, 0.3) is 0 Å². The highest BCUT2D eigenvalue weighted by Gasteiger charge is 2.00. The zero-order valence-corrected chi connectivity index (χ0v) is 13.2. The van der Waals surface area contributed by atoms with E-state index >= 15 is 0 Å². The summed E-state index contributed by atoms with van der Waals surface area (Å²) in [5, 5.41) is 4.48. The van der Waals surface area contributed by atoms with Gasteiger partial charge in [0.15, 0.2) is 0 Å². The van der Waals surface area contributed by atoms with E-state index in [9.17, 15) is 0 Å². The first kappa shape index (κ1) is 15.1. The number of thioether (sulfide) groups is 1. The van der Waals surface area contributed by atoms with Crippen LogP contribution in [-0.2, 0) is 12.3 Å². The maximum atomic E-state index is 4.52. The Morgan fingerprint density at radius 3 is 2.65 bits per heavy atom. The average Bonchev–Trinajstić information content (AvgIpc) is 2.44. The molecule has 1 heterocycles. The predicted molar refractivity (Wildman–Crippen MR) is 87.0 cm³/mol. The highest BCUT2D eigenvalue weighted by atomic mass is 32.2. The van der Waals surface area contributed by atoms with E-state index in [2.05, 4.69) is 67.5 Å². The van der Waals surface area contributed by atoms with Crippen molar-refractivity contribution >= 4 is 11.8 Å². The van der Waals surface area contributed by atoms with Crippen LogP contribution in [0.1, 0.15) is 30.5 Å². The SMILES string of the molecule is Cc1cccc(CSc2ccc(CNC(C)C)cn2)c1. The summed E-state index contributed by atoms with van der Waals surface area (Å²) >= 11 is 1.78. The number of nitrogens with zero attached hydrogens (tertiary/aromatic N) is 1. The van der Waals surface area contributed by atoms with E-state index in [0.29, 0.717) is 6.04 Å². The fourth-order valence-corrected chi connectivity index (χ4v) is 2.67. The Balaban J connectivity index is 1.87. The van der Waals surface area contributed by atoms with Gasteiger partial charge in [-0.25, -0.2) is 4.98 Å². The van der Waals surface area contributed by atoms with Crippen molar-refractivity contribution in [2.24, 2.45) is 0 Å². The summed E-state index contributed by atoms with van der Waals surface area (Å²) in [6.45, 7) is 7.31. The Morgan fingerprint density at radius 1 is 1.15 bits per heavy atom. The number of rotatable bonds is 6. The summed E-state index contributed by atoms with van der Waals surface area (Å²) in [5.74, 6) is 0.971. The van der Waals surface area contributed by atoms with Gasteiger partial charge in [-0.1, -0.05) is 49.7 Å². The lowest BCUT2D eigenvalue weighted by molar-refractivity contribution is 0.587. The van der Waals surface area contributed by atoms with Crippen LogP contribution in [0.25, 0.3) is 0 Å². The minimum Gasteiger partial charge on any atom is -0.310 e. The van der Waals surface area contributed by atoms with Gasteiger partial charge < -0.3 is 5.32 Å². The van der Waals surface area contributed by atoms with E-state index < -0.39 is 0 Å². The molecule has 1 aromatic carbocycles. The van der Waals surface area contributed by atoms with Crippen molar-refractivity contribution in [2.75, 3.05) is 0 Å². The first-order valence-electron chi connectivity index (χ1n) is 7.00. The van der Waals surface area contributed by atoms with E-state index in [1.807, 2.05) is 6.20 Å². The number of benzene rings is 1. The summed E-state index contributed by atoms with van der Waals surface area (Å²) in [7, 11) is 0. The van der Waals surface area contributed by atoms with Crippen molar-refractivity contribution < 1.29 is 0 Å². The molecule has 0 saturated carbocycles. The van der Waals surface area contributed by atoms with Gasteiger partial charge in [-0.05, 0) is 24.1 Å². The zero-order valence-electron chi connectivity index (χ0n) is 12.4. The van der Waals surface area contributed by atoms with E-state index in [1.165, 1.54) is 16.7 Å². The van der Waals surface area contributed by atoms with Gasteiger partial charge in [0.2, 0.25) is 0 Å². The smallest absolute Gasteiger partial charge is 0.0963 e. The first-order valence-corrected chi connectivity index (χ1v) is 7.98. The summed E-state index contributed by atoms with van der Waals surface area (Å²) in [5.41, 5.74) is 3.90. The molecule has 0 atom stereocenters. The molecule has 20 heavy (non-hydrogen) atoms. The molecule has 2 nitrogen and oxygen atoms in total. The Morgan fingerprint density at radius 2 is 2.00 bits per heavy atom. The predicted octanol–water partition coefficient (Wildman–Crippen LogP) is 4.18. The van der Waals surface area contributed by atoms with E-state index in [0.717, 1.165) is 17.3 Å². The normalized spacial score (nSPS) is 11.0. The van der Waals surface area contributed by atoms with Crippen LogP contribution in [0.2, 0.25) is 0 Å². The molecule has 2 rings (SSSR count).